The first-order chi connectivity index (χ1) is 29.7. The van der Waals surface area contributed by atoms with Crippen LogP contribution in [-0.4, -0.2) is 93.3 Å². The summed E-state index contributed by atoms with van der Waals surface area (Å²) in [5, 5.41) is 47.7. The third-order valence-corrected chi connectivity index (χ3v) is 16.0. The molecule has 0 unspecified atom stereocenters. The largest absolute Gasteiger partial charge is 1.00 e. The van der Waals surface area contributed by atoms with Gasteiger partial charge in [0.1, 0.15) is 11.8 Å². The van der Waals surface area contributed by atoms with Crippen molar-refractivity contribution in [2.24, 2.45) is 41.4 Å². The van der Waals surface area contributed by atoms with Crippen molar-refractivity contribution in [3.8, 4) is 6.07 Å². The second kappa shape index (κ2) is 21.0. The molecule has 4 fully saturated rings. The Balaban J connectivity index is 0.00000771. The number of hydrogen-bond donors (Lipinski definition) is 3. The summed E-state index contributed by atoms with van der Waals surface area (Å²) in [4.78, 5) is 40.5. The van der Waals surface area contributed by atoms with Gasteiger partial charge in [0.05, 0.1) is 59.5 Å². The first-order valence-corrected chi connectivity index (χ1v) is 23.7. The number of nitrogens with zero attached hydrogens (tertiary/aromatic N) is 1. The first-order valence-electron chi connectivity index (χ1n) is 23.7. The molecule has 5 aliphatic heterocycles. The Bertz CT molecular complexity index is 1890. The zero-order chi connectivity index (χ0) is 46.2. The number of carboxylic acid groups (broad SMARTS) is 1. The van der Waals surface area contributed by atoms with Gasteiger partial charge in [0.25, 0.3) is 5.91 Å². The summed E-state index contributed by atoms with van der Waals surface area (Å²) >= 11 is 0. The number of aliphatic hydroxyl groups excluding tert-OH is 1. The molecule has 0 bridgehead atoms. The summed E-state index contributed by atoms with van der Waals surface area (Å²) in [6.45, 7) is 19.4. The number of benzene rings is 1. The van der Waals surface area contributed by atoms with Crippen molar-refractivity contribution in [1.82, 2.24) is 5.32 Å². The molecule has 4 saturated heterocycles. The zero-order valence-corrected chi connectivity index (χ0v) is 42.1. The number of nitrogens with one attached hydrogen (secondary N) is 1. The summed E-state index contributed by atoms with van der Waals surface area (Å²) in [5.74, 6) is -7.16. The summed E-state index contributed by atoms with van der Waals surface area (Å²) in [5.41, 5.74) is -1.11. The average molecular weight is 901 g/mol. The van der Waals surface area contributed by atoms with E-state index in [4.69, 9.17) is 23.7 Å². The van der Waals surface area contributed by atoms with Gasteiger partial charge in [-0.1, -0.05) is 67.5 Å². The molecular weight excluding hydrogens is 828 g/mol. The zero-order valence-electron chi connectivity index (χ0n) is 40.1. The average Bonchev–Trinajstić information content (AvgIpc) is 3.61. The molecule has 2 spiro atoms. The fraction of sp³-hybridized carbons (Fsp3) is 0.760. The van der Waals surface area contributed by atoms with Crippen LogP contribution in [0.2, 0.25) is 0 Å². The molecule has 1 amide bonds. The summed E-state index contributed by atoms with van der Waals surface area (Å²) in [7, 11) is 0. The number of ether oxygens (including phenoxy) is 5. The Morgan fingerprint density at radius 1 is 0.953 bits per heavy atom. The normalized spacial score (nSPS) is 39.8. The van der Waals surface area contributed by atoms with Gasteiger partial charge in [0.15, 0.2) is 11.6 Å². The van der Waals surface area contributed by atoms with Crippen LogP contribution in [0.15, 0.2) is 36.4 Å². The third kappa shape index (κ3) is 10.3. The number of nitriles is 1. The molecule has 350 valence electrons. The van der Waals surface area contributed by atoms with Gasteiger partial charge in [-0.3, -0.25) is 9.59 Å². The number of carbonyl (C=O) groups is 3. The Kier molecular flexibility index (Phi) is 17.3. The molecule has 14 heteroatoms. The quantitative estimate of drug-likeness (QED) is 0.183. The molecule has 0 aliphatic carbocycles. The molecule has 6 rings (SSSR count). The number of Topliss-reactive ketones (excluding diaryl/α,β-unsaturated/α-hetero) is 1. The molecule has 5 heterocycles. The number of aliphatic hydroxyl groups is 2. The number of rotatable bonds is 14. The SMILES string of the molecule is CC[C@@H](C(=O)[C@@H](C)[C@@H](O)[C@H](C)[C@@H]1O[C@@H]([C@@H](CC)C(=O)[O-])CC[C@@H]1C)[C@H]1O[C@]2(C=C[C@H](NC(=O)c3cccc(C#N)c3)[C@]3(CC[C@@](C)([C@H]4CC[C@](O)(CC)[C@H](C)O4)O3)O2)[C@H](C)C[C@@H]1C.[Na+]. The van der Waals surface area contributed by atoms with Gasteiger partial charge in [-0.05, 0) is 108 Å². The molecule has 64 heavy (non-hydrogen) atoms. The monoisotopic (exact) mass is 901 g/mol. The van der Waals surface area contributed by atoms with Gasteiger partial charge < -0.3 is 49.1 Å². The van der Waals surface area contributed by atoms with E-state index in [0.717, 1.165) is 6.42 Å². The minimum atomic E-state index is -1.41. The number of carboxylic acids is 1. The summed E-state index contributed by atoms with van der Waals surface area (Å²) in [6.07, 6.45) is 5.78. The van der Waals surface area contributed by atoms with Crippen molar-refractivity contribution in [2.45, 2.75) is 199 Å². The predicted molar refractivity (Wildman–Crippen MR) is 232 cm³/mol. The van der Waals surface area contributed by atoms with Crippen LogP contribution < -0.4 is 40.0 Å². The van der Waals surface area contributed by atoms with Gasteiger partial charge in [-0.25, -0.2) is 0 Å². The molecule has 18 atom stereocenters. The van der Waals surface area contributed by atoms with Crippen LogP contribution in [0.1, 0.15) is 149 Å². The maximum atomic E-state index is 14.7. The maximum absolute atomic E-state index is 14.7. The fourth-order valence-electron chi connectivity index (χ4n) is 11.6. The Morgan fingerprint density at radius 3 is 2.28 bits per heavy atom. The first kappa shape index (κ1) is 52.7. The number of amides is 1. The second-order valence-corrected chi connectivity index (χ2v) is 20.1. The smallest absolute Gasteiger partial charge is 0.550 e. The molecule has 0 aromatic heterocycles. The van der Waals surface area contributed by atoms with E-state index in [2.05, 4.69) is 25.2 Å². The molecule has 0 saturated carbocycles. The van der Waals surface area contributed by atoms with Crippen LogP contribution >= 0.6 is 0 Å². The van der Waals surface area contributed by atoms with Crippen LogP contribution in [0.3, 0.4) is 0 Å². The van der Waals surface area contributed by atoms with E-state index in [-0.39, 0.29) is 59.2 Å². The van der Waals surface area contributed by atoms with E-state index in [9.17, 15) is 35.0 Å². The van der Waals surface area contributed by atoms with Gasteiger partial charge in [-0.2, -0.15) is 5.26 Å². The molecule has 13 nitrogen and oxygen atoms in total. The number of carbonyl (C=O) groups excluding carboxylic acids is 3. The summed E-state index contributed by atoms with van der Waals surface area (Å²) < 4.78 is 34.5. The standard InChI is InChI=1S/C50H74N2O11.Na/c1-11-36(46(56)57)38-18-17-28(4)43(60-38)32(8)41(53)31(7)42(54)37(12-2)44-29(5)25-30(6)49(61-44)22-19-39(52-45(55)35-16-14-15-34(26-35)27-51)50(63-49)24-23-47(10,62-50)40-20-21-48(58,13-3)33(9)59-40;/h14-16,19,22,26,28-33,36-41,43-44,53,58H,11-13,17-18,20-21,23-25H2,1-10H3,(H,52,55)(H,56,57);/q;+1/p-1/t28-,29-,30+,31-,32-,33-,36+,37-,38+,39-,40+,41+,43+,44-,47-,48+,49-,50-;/m0./s1. The van der Waals surface area contributed by atoms with Crippen LogP contribution in [0.25, 0.3) is 0 Å². The number of ketones is 1. The third-order valence-electron chi connectivity index (χ3n) is 16.0. The van der Waals surface area contributed by atoms with E-state index < -0.39 is 94.9 Å². The van der Waals surface area contributed by atoms with Crippen molar-refractivity contribution in [3.05, 3.63) is 47.5 Å². The van der Waals surface area contributed by atoms with Gasteiger partial charge >= 0.3 is 29.6 Å². The van der Waals surface area contributed by atoms with Crippen LogP contribution in [0, 0.1) is 52.8 Å². The van der Waals surface area contributed by atoms with Gasteiger partial charge in [0.2, 0.25) is 0 Å². The van der Waals surface area contributed by atoms with Crippen LogP contribution in [-0.2, 0) is 33.3 Å². The fourth-order valence-corrected chi connectivity index (χ4v) is 11.6. The summed E-state index contributed by atoms with van der Waals surface area (Å²) in [6, 6.07) is 7.83. The molecule has 5 aliphatic rings. The van der Waals surface area contributed by atoms with E-state index in [1.54, 1.807) is 38.1 Å². The van der Waals surface area contributed by atoms with Crippen LogP contribution in [0.4, 0.5) is 0 Å². The Hall–Kier alpha value is -2.22. The van der Waals surface area contributed by atoms with Crippen LogP contribution in [0.5, 0.6) is 0 Å². The predicted octanol–water partition coefficient (Wildman–Crippen LogP) is 3.17. The maximum Gasteiger partial charge on any atom is 1.00 e. The van der Waals surface area contributed by atoms with Crippen molar-refractivity contribution in [2.75, 3.05) is 0 Å². The van der Waals surface area contributed by atoms with Gasteiger partial charge in [0, 0.05) is 47.5 Å². The molecular formula is C50H73N2NaO11. The van der Waals surface area contributed by atoms with E-state index in [0.29, 0.717) is 68.9 Å². The number of aliphatic carboxylic acids is 1. The van der Waals surface area contributed by atoms with Gasteiger partial charge in [-0.15, -0.1) is 0 Å². The van der Waals surface area contributed by atoms with E-state index in [1.807, 2.05) is 53.7 Å². The minimum absolute atomic E-state index is 0. The molecule has 0 radical (unpaired) electrons. The van der Waals surface area contributed by atoms with E-state index >= 15 is 0 Å². The Labute approximate surface area is 403 Å². The number of hydrogen-bond acceptors (Lipinski definition) is 12. The topological polar surface area (TPSA) is 197 Å². The van der Waals surface area contributed by atoms with Crippen molar-refractivity contribution in [1.29, 1.82) is 5.26 Å². The second-order valence-electron chi connectivity index (χ2n) is 20.1. The Morgan fingerprint density at radius 2 is 1.66 bits per heavy atom. The molecule has 1 aromatic carbocycles. The van der Waals surface area contributed by atoms with Crippen molar-refractivity contribution in [3.63, 3.8) is 0 Å². The molecule has 3 N–H and O–H groups in total. The van der Waals surface area contributed by atoms with Crippen molar-refractivity contribution >= 4 is 17.7 Å². The molecule has 1 aromatic rings. The minimum Gasteiger partial charge on any atom is -0.550 e. The van der Waals surface area contributed by atoms with E-state index in [1.165, 1.54) is 0 Å². The van der Waals surface area contributed by atoms with Crippen molar-refractivity contribution < 1.29 is 82.9 Å².